The van der Waals surface area contributed by atoms with Gasteiger partial charge >= 0.3 is 5.97 Å². The van der Waals surface area contributed by atoms with Gasteiger partial charge in [0.15, 0.2) is 5.13 Å². The molecule has 1 fully saturated rings. The highest BCUT2D eigenvalue weighted by molar-refractivity contribution is 7.22. The van der Waals surface area contributed by atoms with Gasteiger partial charge < -0.3 is 15.0 Å². The predicted molar refractivity (Wildman–Crippen MR) is 85.3 cm³/mol. The zero-order chi connectivity index (χ0) is 14.7. The van der Waals surface area contributed by atoms with Gasteiger partial charge in [-0.15, -0.1) is 0 Å². The molecule has 1 aromatic carbocycles. The van der Waals surface area contributed by atoms with Crippen molar-refractivity contribution in [2.75, 3.05) is 37.7 Å². The molecule has 0 spiro atoms. The van der Waals surface area contributed by atoms with E-state index in [1.165, 1.54) is 0 Å². The molecule has 1 N–H and O–H groups in total. The summed E-state index contributed by atoms with van der Waals surface area (Å²) in [6.07, 6.45) is 1.13. The number of hydrogen-bond acceptors (Lipinski definition) is 6. The third-order valence-electron chi connectivity index (χ3n) is 3.50. The minimum Gasteiger partial charge on any atom is -0.462 e. The monoisotopic (exact) mass is 305 g/mol. The van der Waals surface area contributed by atoms with Crippen LogP contribution in [0.5, 0.6) is 0 Å². The summed E-state index contributed by atoms with van der Waals surface area (Å²) in [6, 6.07) is 5.57. The van der Waals surface area contributed by atoms with Gasteiger partial charge in [0.2, 0.25) is 0 Å². The molecule has 5 nitrogen and oxygen atoms in total. The molecule has 3 rings (SSSR count). The van der Waals surface area contributed by atoms with Crippen LogP contribution in [0.4, 0.5) is 5.13 Å². The van der Waals surface area contributed by atoms with Gasteiger partial charge in [-0.1, -0.05) is 11.3 Å². The van der Waals surface area contributed by atoms with Crippen LogP contribution in [-0.2, 0) is 4.74 Å². The standard InChI is InChI=1S/C15H19N3O2S/c1-2-20-14(19)11-4-5-12-13(10-11)21-15(17-12)18-8-3-6-16-7-9-18/h4-5,10,16H,2-3,6-9H2,1H3. The van der Waals surface area contributed by atoms with Crippen molar-refractivity contribution < 1.29 is 9.53 Å². The van der Waals surface area contributed by atoms with Crippen LogP contribution in [0, 0.1) is 0 Å². The van der Waals surface area contributed by atoms with Gasteiger partial charge in [-0.2, -0.15) is 0 Å². The van der Waals surface area contributed by atoms with Crippen LogP contribution in [0.15, 0.2) is 18.2 Å². The lowest BCUT2D eigenvalue weighted by atomic mass is 10.2. The number of esters is 1. The van der Waals surface area contributed by atoms with Gasteiger partial charge in [-0.25, -0.2) is 9.78 Å². The van der Waals surface area contributed by atoms with E-state index in [0.29, 0.717) is 12.2 Å². The van der Waals surface area contributed by atoms with E-state index >= 15 is 0 Å². The fourth-order valence-electron chi connectivity index (χ4n) is 2.43. The molecular weight excluding hydrogens is 286 g/mol. The van der Waals surface area contributed by atoms with Crippen molar-refractivity contribution in [3.05, 3.63) is 23.8 Å². The third kappa shape index (κ3) is 3.16. The minimum atomic E-state index is -0.270. The highest BCUT2D eigenvalue weighted by atomic mass is 32.1. The second-order valence-electron chi connectivity index (χ2n) is 4.99. The van der Waals surface area contributed by atoms with Crippen LogP contribution in [-0.4, -0.2) is 43.7 Å². The summed E-state index contributed by atoms with van der Waals surface area (Å²) in [4.78, 5) is 18.8. The highest BCUT2D eigenvalue weighted by Crippen LogP contribution is 2.30. The first-order valence-corrected chi connectivity index (χ1v) is 8.13. The topological polar surface area (TPSA) is 54.5 Å². The number of nitrogens with zero attached hydrogens (tertiary/aromatic N) is 2. The summed E-state index contributed by atoms with van der Waals surface area (Å²) in [7, 11) is 0. The fourth-order valence-corrected chi connectivity index (χ4v) is 3.48. The average molecular weight is 305 g/mol. The lowest BCUT2D eigenvalue weighted by molar-refractivity contribution is 0.0526. The molecule has 1 aliphatic heterocycles. The quantitative estimate of drug-likeness (QED) is 0.882. The van der Waals surface area contributed by atoms with Crippen molar-refractivity contribution in [3.63, 3.8) is 0 Å². The number of nitrogens with one attached hydrogen (secondary N) is 1. The predicted octanol–water partition coefficient (Wildman–Crippen LogP) is 2.27. The normalized spacial score (nSPS) is 16.0. The maximum absolute atomic E-state index is 11.8. The molecular formula is C15H19N3O2S. The zero-order valence-corrected chi connectivity index (χ0v) is 12.9. The van der Waals surface area contributed by atoms with Gasteiger partial charge in [-0.3, -0.25) is 0 Å². The van der Waals surface area contributed by atoms with Crippen molar-refractivity contribution in [1.82, 2.24) is 10.3 Å². The molecule has 0 unspecified atom stereocenters. The summed E-state index contributed by atoms with van der Waals surface area (Å²) in [5.74, 6) is -0.270. The number of carbonyl (C=O) groups is 1. The van der Waals surface area contributed by atoms with E-state index in [2.05, 4.69) is 15.2 Å². The van der Waals surface area contributed by atoms with Gasteiger partial charge in [0.1, 0.15) is 0 Å². The number of anilines is 1. The Labute approximate surface area is 127 Å². The Bertz CT molecular complexity index is 633. The van der Waals surface area contributed by atoms with Gasteiger partial charge in [0.25, 0.3) is 0 Å². The molecule has 2 aromatic rings. The number of benzene rings is 1. The molecule has 0 radical (unpaired) electrons. The van der Waals surface area contributed by atoms with Crippen LogP contribution >= 0.6 is 11.3 Å². The Kier molecular flexibility index (Phi) is 4.36. The maximum atomic E-state index is 11.8. The Balaban J connectivity index is 1.87. The lowest BCUT2D eigenvalue weighted by Crippen LogP contribution is -2.27. The Morgan fingerprint density at radius 2 is 2.33 bits per heavy atom. The molecule has 1 aromatic heterocycles. The number of rotatable bonds is 3. The molecule has 1 saturated heterocycles. The third-order valence-corrected chi connectivity index (χ3v) is 4.58. The van der Waals surface area contributed by atoms with E-state index in [4.69, 9.17) is 4.74 Å². The molecule has 0 aliphatic carbocycles. The van der Waals surface area contributed by atoms with E-state index in [0.717, 1.165) is 47.9 Å². The maximum Gasteiger partial charge on any atom is 0.338 e. The first-order chi connectivity index (χ1) is 10.3. The largest absolute Gasteiger partial charge is 0.462 e. The second-order valence-corrected chi connectivity index (χ2v) is 6.00. The molecule has 112 valence electrons. The minimum absolute atomic E-state index is 0.270. The fraction of sp³-hybridized carbons (Fsp3) is 0.467. The van der Waals surface area contributed by atoms with E-state index < -0.39 is 0 Å². The number of hydrogen-bond donors (Lipinski definition) is 1. The van der Waals surface area contributed by atoms with E-state index in [1.807, 2.05) is 19.1 Å². The highest BCUT2D eigenvalue weighted by Gasteiger charge is 2.15. The van der Waals surface area contributed by atoms with Gasteiger partial charge in [-0.05, 0) is 38.1 Å². The number of aromatic nitrogens is 1. The summed E-state index contributed by atoms with van der Waals surface area (Å²) in [5, 5.41) is 4.43. The van der Waals surface area contributed by atoms with E-state index in [9.17, 15) is 4.79 Å². The van der Waals surface area contributed by atoms with Crippen molar-refractivity contribution in [2.24, 2.45) is 0 Å². The van der Waals surface area contributed by atoms with Crippen LogP contribution in [0.1, 0.15) is 23.7 Å². The molecule has 0 amide bonds. The number of ether oxygens (including phenoxy) is 1. The molecule has 1 aliphatic rings. The van der Waals surface area contributed by atoms with Gasteiger partial charge in [0, 0.05) is 19.6 Å². The summed E-state index contributed by atoms with van der Waals surface area (Å²) < 4.78 is 6.08. The SMILES string of the molecule is CCOC(=O)c1ccc2nc(N3CCCNCC3)sc2c1. The van der Waals surface area contributed by atoms with Crippen molar-refractivity contribution in [2.45, 2.75) is 13.3 Å². The van der Waals surface area contributed by atoms with Crippen LogP contribution < -0.4 is 10.2 Å². The van der Waals surface area contributed by atoms with Crippen molar-refractivity contribution in [1.29, 1.82) is 0 Å². The van der Waals surface area contributed by atoms with E-state index in [-0.39, 0.29) is 5.97 Å². The summed E-state index contributed by atoms with van der Waals surface area (Å²) in [6.45, 7) is 6.26. The number of thiazole rings is 1. The van der Waals surface area contributed by atoms with Crippen LogP contribution in [0.2, 0.25) is 0 Å². The van der Waals surface area contributed by atoms with Crippen LogP contribution in [0.25, 0.3) is 10.2 Å². The Morgan fingerprint density at radius 3 is 3.19 bits per heavy atom. The summed E-state index contributed by atoms with van der Waals surface area (Å²) >= 11 is 1.64. The molecule has 2 heterocycles. The molecule has 0 saturated carbocycles. The molecule has 0 bridgehead atoms. The Hall–Kier alpha value is -1.66. The Morgan fingerprint density at radius 1 is 1.43 bits per heavy atom. The number of fused-ring (bicyclic) bond motifs is 1. The van der Waals surface area contributed by atoms with Crippen molar-refractivity contribution >= 4 is 32.7 Å². The smallest absolute Gasteiger partial charge is 0.338 e. The lowest BCUT2D eigenvalue weighted by Gasteiger charge is -2.17. The number of carbonyl (C=O) groups excluding carboxylic acids is 1. The summed E-state index contributed by atoms with van der Waals surface area (Å²) in [5.41, 5.74) is 1.54. The first-order valence-electron chi connectivity index (χ1n) is 7.31. The molecule has 21 heavy (non-hydrogen) atoms. The first kappa shape index (κ1) is 14.3. The van der Waals surface area contributed by atoms with Crippen molar-refractivity contribution in [3.8, 4) is 0 Å². The molecule has 6 heteroatoms. The average Bonchev–Trinajstić information content (AvgIpc) is 2.72. The second kappa shape index (κ2) is 6.41. The van der Waals surface area contributed by atoms with Crippen LogP contribution in [0.3, 0.4) is 0 Å². The molecule has 0 atom stereocenters. The van der Waals surface area contributed by atoms with E-state index in [1.54, 1.807) is 17.4 Å². The van der Waals surface area contributed by atoms with Gasteiger partial charge in [0.05, 0.1) is 22.4 Å². The zero-order valence-electron chi connectivity index (χ0n) is 12.1.